The molecule has 1 heterocycles. The Morgan fingerprint density at radius 3 is 2.74 bits per heavy atom. The van der Waals surface area contributed by atoms with Crippen molar-refractivity contribution in [2.24, 2.45) is 0 Å². The number of carbonyl (C=O) groups is 1. The van der Waals surface area contributed by atoms with Crippen molar-refractivity contribution in [1.82, 2.24) is 4.98 Å². The summed E-state index contributed by atoms with van der Waals surface area (Å²) in [5.41, 5.74) is 0.322. The Bertz CT molecular complexity index is 637. The number of anilines is 1. The molecule has 98 valence electrons. The molecule has 2 rings (SSSR count). The van der Waals surface area contributed by atoms with E-state index in [0.29, 0.717) is 12.0 Å². The SMILES string of the molecule is O=C(CCc1ccccc1F)Nc1ccc[nH]c1=O. The van der Waals surface area contributed by atoms with Crippen LogP contribution in [0.15, 0.2) is 47.4 Å². The van der Waals surface area contributed by atoms with E-state index in [1.807, 2.05) is 0 Å². The zero-order valence-corrected chi connectivity index (χ0v) is 10.2. The number of H-pyrrole nitrogens is 1. The maximum atomic E-state index is 13.3. The van der Waals surface area contributed by atoms with Gasteiger partial charge in [-0.1, -0.05) is 18.2 Å². The Hall–Kier alpha value is -2.43. The Labute approximate surface area is 109 Å². The molecule has 0 radical (unpaired) electrons. The maximum absolute atomic E-state index is 13.3. The summed E-state index contributed by atoms with van der Waals surface area (Å²) in [6, 6.07) is 9.45. The smallest absolute Gasteiger partial charge is 0.271 e. The number of benzene rings is 1. The van der Waals surface area contributed by atoms with Gasteiger partial charge in [0.25, 0.3) is 5.56 Å². The molecule has 0 aliphatic carbocycles. The predicted octanol–water partition coefficient (Wildman–Crippen LogP) is 2.09. The van der Waals surface area contributed by atoms with Crippen molar-refractivity contribution in [2.45, 2.75) is 12.8 Å². The number of hydrogen-bond acceptors (Lipinski definition) is 2. The number of aromatic nitrogens is 1. The average molecular weight is 260 g/mol. The lowest BCUT2D eigenvalue weighted by Gasteiger charge is -2.05. The van der Waals surface area contributed by atoms with Crippen LogP contribution in [0.5, 0.6) is 0 Å². The van der Waals surface area contributed by atoms with Crippen molar-refractivity contribution in [2.75, 3.05) is 5.32 Å². The Morgan fingerprint density at radius 1 is 1.21 bits per heavy atom. The topological polar surface area (TPSA) is 62.0 Å². The Morgan fingerprint density at radius 2 is 2.00 bits per heavy atom. The first-order valence-corrected chi connectivity index (χ1v) is 5.88. The number of amides is 1. The summed E-state index contributed by atoms with van der Waals surface area (Å²) in [5.74, 6) is -0.646. The van der Waals surface area contributed by atoms with E-state index in [0.717, 1.165) is 0 Å². The van der Waals surface area contributed by atoms with Gasteiger partial charge in [0.15, 0.2) is 0 Å². The van der Waals surface area contributed by atoms with E-state index >= 15 is 0 Å². The molecule has 0 aliphatic heterocycles. The third-order valence-electron chi connectivity index (χ3n) is 2.67. The van der Waals surface area contributed by atoms with E-state index in [9.17, 15) is 14.0 Å². The van der Waals surface area contributed by atoms with Gasteiger partial charge in [-0.2, -0.15) is 0 Å². The van der Waals surface area contributed by atoms with Crippen LogP contribution in [-0.2, 0) is 11.2 Å². The van der Waals surface area contributed by atoms with Crippen molar-refractivity contribution < 1.29 is 9.18 Å². The van der Waals surface area contributed by atoms with Gasteiger partial charge < -0.3 is 10.3 Å². The summed E-state index contributed by atoms with van der Waals surface area (Å²) in [7, 11) is 0. The Kier molecular flexibility index (Phi) is 4.07. The number of aromatic amines is 1. The molecule has 0 saturated heterocycles. The first kappa shape index (κ1) is 13.0. The van der Waals surface area contributed by atoms with Gasteiger partial charge in [0.1, 0.15) is 11.5 Å². The third kappa shape index (κ3) is 3.51. The fourth-order valence-electron chi connectivity index (χ4n) is 1.68. The van der Waals surface area contributed by atoms with Crippen LogP contribution in [0.4, 0.5) is 10.1 Å². The second-order valence-electron chi connectivity index (χ2n) is 4.05. The molecule has 4 nitrogen and oxygen atoms in total. The second kappa shape index (κ2) is 5.95. The van der Waals surface area contributed by atoms with Crippen LogP contribution < -0.4 is 10.9 Å². The van der Waals surface area contributed by atoms with Gasteiger partial charge in [-0.05, 0) is 30.2 Å². The lowest BCUT2D eigenvalue weighted by atomic mass is 10.1. The van der Waals surface area contributed by atoms with E-state index in [2.05, 4.69) is 10.3 Å². The van der Waals surface area contributed by atoms with E-state index in [1.54, 1.807) is 24.3 Å². The first-order chi connectivity index (χ1) is 9.16. The standard InChI is InChI=1S/C14H13FN2O2/c15-11-5-2-1-4-10(11)7-8-13(18)17-12-6-3-9-16-14(12)19/h1-6,9H,7-8H2,(H,16,19)(H,17,18). The number of rotatable bonds is 4. The van der Waals surface area contributed by atoms with Gasteiger partial charge >= 0.3 is 0 Å². The molecule has 2 aromatic rings. The highest BCUT2D eigenvalue weighted by Crippen LogP contribution is 2.09. The molecule has 0 saturated carbocycles. The molecule has 0 bridgehead atoms. The minimum atomic E-state index is -0.359. The summed E-state index contributed by atoms with van der Waals surface area (Å²) >= 11 is 0. The highest BCUT2D eigenvalue weighted by Gasteiger charge is 2.07. The summed E-state index contributed by atoms with van der Waals surface area (Å²) < 4.78 is 13.3. The van der Waals surface area contributed by atoms with Gasteiger partial charge in [0, 0.05) is 12.6 Å². The Balaban J connectivity index is 1.94. The van der Waals surface area contributed by atoms with Crippen LogP contribution in [0.2, 0.25) is 0 Å². The van der Waals surface area contributed by atoms with Gasteiger partial charge in [-0.15, -0.1) is 0 Å². The van der Waals surface area contributed by atoms with E-state index < -0.39 is 0 Å². The summed E-state index contributed by atoms with van der Waals surface area (Å²) in [6.45, 7) is 0. The fourth-order valence-corrected chi connectivity index (χ4v) is 1.68. The van der Waals surface area contributed by atoms with Crippen molar-refractivity contribution in [3.8, 4) is 0 Å². The van der Waals surface area contributed by atoms with Crippen LogP contribution in [0.1, 0.15) is 12.0 Å². The molecular weight excluding hydrogens is 247 g/mol. The number of pyridine rings is 1. The lowest BCUT2D eigenvalue weighted by Crippen LogP contribution is -2.19. The molecule has 0 fully saturated rings. The minimum Gasteiger partial charge on any atom is -0.327 e. The average Bonchev–Trinajstić information content (AvgIpc) is 2.40. The zero-order valence-electron chi connectivity index (χ0n) is 10.2. The van der Waals surface area contributed by atoms with Crippen LogP contribution in [0.3, 0.4) is 0 Å². The fraction of sp³-hybridized carbons (Fsp3) is 0.143. The van der Waals surface area contributed by atoms with Crippen molar-refractivity contribution in [3.63, 3.8) is 0 Å². The number of hydrogen-bond donors (Lipinski definition) is 2. The normalized spacial score (nSPS) is 10.2. The predicted molar refractivity (Wildman–Crippen MR) is 70.4 cm³/mol. The highest BCUT2D eigenvalue weighted by atomic mass is 19.1. The molecule has 0 unspecified atom stereocenters. The molecule has 1 aromatic carbocycles. The van der Waals surface area contributed by atoms with Gasteiger partial charge in [-0.25, -0.2) is 4.39 Å². The first-order valence-electron chi connectivity index (χ1n) is 5.88. The van der Waals surface area contributed by atoms with E-state index in [1.165, 1.54) is 18.3 Å². The van der Waals surface area contributed by atoms with Gasteiger partial charge in [0.2, 0.25) is 5.91 Å². The van der Waals surface area contributed by atoms with Crippen molar-refractivity contribution in [3.05, 3.63) is 64.3 Å². The quantitative estimate of drug-likeness (QED) is 0.884. The number of nitrogens with one attached hydrogen (secondary N) is 2. The number of carbonyl (C=O) groups excluding carboxylic acids is 1. The molecule has 1 aromatic heterocycles. The lowest BCUT2D eigenvalue weighted by molar-refractivity contribution is -0.116. The molecule has 0 atom stereocenters. The summed E-state index contributed by atoms with van der Waals surface area (Å²) in [4.78, 5) is 25.5. The zero-order chi connectivity index (χ0) is 13.7. The largest absolute Gasteiger partial charge is 0.327 e. The second-order valence-corrected chi connectivity index (χ2v) is 4.05. The van der Waals surface area contributed by atoms with Gasteiger partial charge in [-0.3, -0.25) is 9.59 Å². The van der Waals surface area contributed by atoms with Gasteiger partial charge in [0.05, 0.1) is 0 Å². The van der Waals surface area contributed by atoms with Crippen molar-refractivity contribution in [1.29, 1.82) is 0 Å². The summed E-state index contributed by atoms with van der Waals surface area (Å²) in [6.07, 6.45) is 1.90. The van der Waals surface area contributed by atoms with E-state index in [4.69, 9.17) is 0 Å². The molecular formula is C14H13FN2O2. The number of aryl methyl sites for hydroxylation is 1. The summed E-state index contributed by atoms with van der Waals surface area (Å²) in [5, 5.41) is 2.49. The van der Waals surface area contributed by atoms with Crippen molar-refractivity contribution >= 4 is 11.6 Å². The molecule has 1 amide bonds. The molecule has 0 aliphatic rings. The minimum absolute atomic E-state index is 0.120. The van der Waals surface area contributed by atoms with Crippen LogP contribution in [-0.4, -0.2) is 10.9 Å². The number of halogens is 1. The van der Waals surface area contributed by atoms with E-state index in [-0.39, 0.29) is 29.4 Å². The van der Waals surface area contributed by atoms with Crippen LogP contribution >= 0.6 is 0 Å². The third-order valence-corrected chi connectivity index (χ3v) is 2.67. The molecule has 0 spiro atoms. The molecule has 5 heteroatoms. The monoisotopic (exact) mass is 260 g/mol. The molecule has 2 N–H and O–H groups in total. The van der Waals surface area contributed by atoms with Crippen LogP contribution in [0.25, 0.3) is 0 Å². The molecule has 19 heavy (non-hydrogen) atoms. The maximum Gasteiger partial charge on any atom is 0.271 e. The highest BCUT2D eigenvalue weighted by molar-refractivity contribution is 5.90. The van der Waals surface area contributed by atoms with Crippen LogP contribution in [0, 0.1) is 5.82 Å².